The molecule has 1 atom stereocenters. The van der Waals surface area contributed by atoms with Crippen LogP contribution in [0.1, 0.15) is 18.4 Å². The van der Waals surface area contributed by atoms with E-state index in [0.29, 0.717) is 0 Å². The standard InChI is InChI=1S/C19H19FN4O3/c1-24-17(26)15(16(21)23-18(24)27)22-14(25)11-19(20)9-7-13(8-10-19)12-5-3-2-4-6-12/h2-9H,10-11,21H2,1H3,(H,22,25)(H,23,27)/t19-/m1/s1. The molecule has 140 valence electrons. The number of nitrogens with two attached hydrogens (primary N) is 1. The Morgan fingerprint density at radius 1 is 1.33 bits per heavy atom. The van der Waals surface area contributed by atoms with Crippen molar-refractivity contribution in [3.8, 4) is 0 Å². The van der Waals surface area contributed by atoms with Crippen LogP contribution in [0, 0.1) is 0 Å². The summed E-state index contributed by atoms with van der Waals surface area (Å²) in [5.41, 5.74) is 3.82. The second-order valence-corrected chi connectivity index (χ2v) is 6.41. The first-order valence-electron chi connectivity index (χ1n) is 8.31. The number of H-pyrrole nitrogens is 1. The first-order chi connectivity index (χ1) is 12.8. The van der Waals surface area contributed by atoms with Crippen LogP contribution in [0.2, 0.25) is 0 Å². The van der Waals surface area contributed by atoms with E-state index in [1.807, 2.05) is 30.3 Å². The van der Waals surface area contributed by atoms with Gasteiger partial charge in [0.1, 0.15) is 17.2 Å². The van der Waals surface area contributed by atoms with Crippen LogP contribution in [0.5, 0.6) is 0 Å². The number of aromatic amines is 1. The topological polar surface area (TPSA) is 110 Å². The van der Waals surface area contributed by atoms with Gasteiger partial charge in [0, 0.05) is 13.5 Å². The molecule has 1 amide bonds. The van der Waals surface area contributed by atoms with Crippen molar-refractivity contribution in [3.05, 3.63) is 75.0 Å². The zero-order valence-electron chi connectivity index (χ0n) is 14.7. The van der Waals surface area contributed by atoms with Gasteiger partial charge in [-0.05, 0) is 17.2 Å². The Labute approximate surface area is 154 Å². The number of nitrogens with one attached hydrogen (secondary N) is 2. The monoisotopic (exact) mass is 370 g/mol. The number of rotatable bonds is 4. The highest BCUT2D eigenvalue weighted by molar-refractivity contribution is 5.94. The third-order valence-corrected chi connectivity index (χ3v) is 4.38. The molecule has 0 radical (unpaired) electrons. The van der Waals surface area contributed by atoms with Crippen LogP contribution >= 0.6 is 0 Å². The lowest BCUT2D eigenvalue weighted by Crippen LogP contribution is -2.37. The molecule has 1 aliphatic rings. The van der Waals surface area contributed by atoms with Gasteiger partial charge in [-0.1, -0.05) is 42.5 Å². The van der Waals surface area contributed by atoms with E-state index >= 15 is 0 Å². The van der Waals surface area contributed by atoms with E-state index < -0.39 is 29.2 Å². The maximum absolute atomic E-state index is 15.0. The SMILES string of the molecule is Cn1c(=O)[nH]c(N)c(NC(=O)C[C@@]2(F)C=CC(c3ccccc3)=CC2)c1=O. The molecule has 8 heteroatoms. The summed E-state index contributed by atoms with van der Waals surface area (Å²) in [4.78, 5) is 38.0. The van der Waals surface area contributed by atoms with Crippen molar-refractivity contribution in [1.29, 1.82) is 0 Å². The number of amides is 1. The molecule has 0 saturated heterocycles. The minimum atomic E-state index is -1.87. The molecule has 0 fully saturated rings. The Morgan fingerprint density at radius 3 is 2.67 bits per heavy atom. The molecule has 7 nitrogen and oxygen atoms in total. The van der Waals surface area contributed by atoms with Crippen molar-refractivity contribution in [1.82, 2.24) is 9.55 Å². The van der Waals surface area contributed by atoms with E-state index in [4.69, 9.17) is 5.73 Å². The van der Waals surface area contributed by atoms with Gasteiger partial charge < -0.3 is 11.1 Å². The minimum Gasteiger partial charge on any atom is -0.383 e. The first kappa shape index (κ1) is 18.4. The maximum atomic E-state index is 15.0. The summed E-state index contributed by atoms with van der Waals surface area (Å²) in [6.45, 7) is 0. The van der Waals surface area contributed by atoms with Crippen LogP contribution in [-0.2, 0) is 11.8 Å². The fourth-order valence-electron chi connectivity index (χ4n) is 2.84. The summed E-state index contributed by atoms with van der Waals surface area (Å²) in [5.74, 6) is -0.982. The molecule has 1 aliphatic carbocycles. The quantitative estimate of drug-likeness (QED) is 0.761. The average Bonchev–Trinajstić information content (AvgIpc) is 2.64. The van der Waals surface area contributed by atoms with E-state index in [1.165, 1.54) is 13.1 Å². The summed E-state index contributed by atoms with van der Waals surface area (Å²) < 4.78 is 15.8. The molecular weight excluding hydrogens is 351 g/mol. The third kappa shape index (κ3) is 3.89. The lowest BCUT2D eigenvalue weighted by Gasteiger charge is -2.23. The van der Waals surface area contributed by atoms with E-state index in [9.17, 15) is 18.8 Å². The van der Waals surface area contributed by atoms with E-state index in [2.05, 4.69) is 10.3 Å². The summed E-state index contributed by atoms with van der Waals surface area (Å²) in [6, 6.07) is 9.52. The lowest BCUT2D eigenvalue weighted by atomic mass is 9.88. The number of carbonyl (C=O) groups is 1. The van der Waals surface area contributed by atoms with Gasteiger partial charge in [0.15, 0.2) is 0 Å². The fraction of sp³-hybridized carbons (Fsp3) is 0.211. The molecule has 1 aromatic heterocycles. The van der Waals surface area contributed by atoms with Gasteiger partial charge in [-0.25, -0.2) is 9.18 Å². The Kier molecular flexibility index (Phi) is 4.81. The van der Waals surface area contributed by atoms with Crippen LogP contribution < -0.4 is 22.3 Å². The molecule has 27 heavy (non-hydrogen) atoms. The average molecular weight is 370 g/mol. The molecule has 1 aromatic carbocycles. The number of alkyl halides is 1. The molecular formula is C19H19FN4O3. The zero-order valence-corrected chi connectivity index (χ0v) is 14.7. The highest BCUT2D eigenvalue weighted by Gasteiger charge is 2.31. The van der Waals surface area contributed by atoms with Gasteiger partial charge in [0.05, 0.1) is 6.42 Å². The summed E-state index contributed by atoms with van der Waals surface area (Å²) in [6.07, 6.45) is 4.27. The Bertz CT molecular complexity index is 1050. The molecule has 4 N–H and O–H groups in total. The normalized spacial score (nSPS) is 18.8. The zero-order chi connectivity index (χ0) is 19.6. The van der Waals surface area contributed by atoms with Gasteiger partial charge in [-0.2, -0.15) is 0 Å². The smallest absolute Gasteiger partial charge is 0.329 e. The highest BCUT2D eigenvalue weighted by atomic mass is 19.1. The largest absolute Gasteiger partial charge is 0.383 e. The van der Waals surface area contributed by atoms with Crippen molar-refractivity contribution < 1.29 is 9.18 Å². The van der Waals surface area contributed by atoms with Crippen LogP contribution in [-0.4, -0.2) is 21.1 Å². The van der Waals surface area contributed by atoms with Crippen molar-refractivity contribution in [3.63, 3.8) is 0 Å². The van der Waals surface area contributed by atoms with Crippen molar-refractivity contribution in [2.75, 3.05) is 11.1 Å². The summed E-state index contributed by atoms with van der Waals surface area (Å²) >= 11 is 0. The summed E-state index contributed by atoms with van der Waals surface area (Å²) in [5, 5.41) is 2.30. The number of hydrogen-bond acceptors (Lipinski definition) is 4. The molecule has 0 bridgehead atoms. The number of carbonyl (C=O) groups excluding carboxylic acids is 1. The van der Waals surface area contributed by atoms with Gasteiger partial charge in [-0.15, -0.1) is 0 Å². The number of allylic oxidation sites excluding steroid dienone is 4. The van der Waals surface area contributed by atoms with E-state index in [1.54, 1.807) is 12.2 Å². The molecule has 3 rings (SSSR count). The number of nitrogens with zero attached hydrogens (tertiary/aromatic N) is 1. The van der Waals surface area contributed by atoms with E-state index in [-0.39, 0.29) is 17.9 Å². The van der Waals surface area contributed by atoms with Crippen molar-refractivity contribution in [2.24, 2.45) is 7.05 Å². The lowest BCUT2D eigenvalue weighted by molar-refractivity contribution is -0.118. The Balaban J connectivity index is 1.72. The first-order valence-corrected chi connectivity index (χ1v) is 8.31. The number of halogens is 1. The number of nitrogen functional groups attached to an aromatic ring is 1. The second-order valence-electron chi connectivity index (χ2n) is 6.41. The minimum absolute atomic E-state index is 0.0280. The van der Waals surface area contributed by atoms with E-state index in [0.717, 1.165) is 15.7 Å². The second kappa shape index (κ2) is 7.06. The third-order valence-electron chi connectivity index (χ3n) is 4.38. The molecule has 0 unspecified atom stereocenters. The highest BCUT2D eigenvalue weighted by Crippen LogP contribution is 2.32. The molecule has 0 spiro atoms. The maximum Gasteiger partial charge on any atom is 0.329 e. The van der Waals surface area contributed by atoms with Gasteiger partial charge >= 0.3 is 5.69 Å². The Morgan fingerprint density at radius 2 is 2.04 bits per heavy atom. The molecule has 0 saturated carbocycles. The predicted molar refractivity (Wildman–Crippen MR) is 102 cm³/mol. The molecule has 2 aromatic rings. The van der Waals surface area contributed by atoms with Crippen molar-refractivity contribution >= 4 is 23.0 Å². The number of benzene rings is 1. The number of hydrogen-bond donors (Lipinski definition) is 3. The Hall–Kier alpha value is -3.42. The van der Waals surface area contributed by atoms with Gasteiger partial charge in [0.25, 0.3) is 5.56 Å². The summed E-state index contributed by atoms with van der Waals surface area (Å²) in [7, 11) is 1.24. The van der Waals surface area contributed by atoms with Crippen molar-refractivity contribution in [2.45, 2.75) is 18.5 Å². The number of anilines is 2. The van der Waals surface area contributed by atoms with Crippen LogP contribution in [0.15, 0.2) is 58.1 Å². The number of aromatic nitrogens is 2. The van der Waals surface area contributed by atoms with Crippen LogP contribution in [0.25, 0.3) is 5.57 Å². The van der Waals surface area contributed by atoms with Crippen LogP contribution in [0.4, 0.5) is 15.9 Å². The molecule has 0 aliphatic heterocycles. The van der Waals surface area contributed by atoms with Crippen LogP contribution in [0.3, 0.4) is 0 Å². The molecule has 1 heterocycles. The predicted octanol–water partition coefficient (Wildman–Crippen LogP) is 1.74. The fourth-order valence-corrected chi connectivity index (χ4v) is 2.84. The van der Waals surface area contributed by atoms with Gasteiger partial charge in [-0.3, -0.25) is 19.1 Å². The van der Waals surface area contributed by atoms with Gasteiger partial charge in [0.2, 0.25) is 5.91 Å².